The van der Waals surface area contributed by atoms with Crippen LogP contribution in [0.4, 0.5) is 0 Å². The normalized spacial score (nSPS) is 17.9. The van der Waals surface area contributed by atoms with E-state index in [0.29, 0.717) is 18.8 Å². The maximum Gasteiger partial charge on any atom is 0.253 e. The molecule has 0 aliphatic carbocycles. The van der Waals surface area contributed by atoms with Crippen molar-refractivity contribution in [3.05, 3.63) is 33.7 Å². The highest BCUT2D eigenvalue weighted by Crippen LogP contribution is 2.09. The van der Waals surface area contributed by atoms with Crippen LogP contribution in [0.2, 0.25) is 0 Å². The SMILES string of the molecule is C#C/C(=C\C=C(/C)[N+](=O)[O-])N1CCOCC1=O. The highest BCUT2D eigenvalue weighted by atomic mass is 16.6. The molecule has 0 aromatic rings. The van der Waals surface area contributed by atoms with Gasteiger partial charge in [0.25, 0.3) is 5.91 Å². The number of nitrogens with zero attached hydrogens (tertiary/aromatic N) is 2. The summed E-state index contributed by atoms with van der Waals surface area (Å²) in [6, 6.07) is 0. The molecular weight excluding hydrogens is 224 g/mol. The van der Waals surface area contributed by atoms with E-state index < -0.39 is 4.92 Å². The van der Waals surface area contributed by atoms with Crippen molar-refractivity contribution >= 4 is 5.91 Å². The lowest BCUT2D eigenvalue weighted by Gasteiger charge is -2.26. The minimum Gasteiger partial charge on any atom is -0.370 e. The second-order valence-corrected chi connectivity index (χ2v) is 3.36. The van der Waals surface area contributed by atoms with Crippen molar-refractivity contribution in [3.8, 4) is 12.3 Å². The lowest BCUT2D eigenvalue weighted by Crippen LogP contribution is -2.40. The van der Waals surface area contributed by atoms with Crippen LogP contribution in [0, 0.1) is 22.5 Å². The molecule has 6 nitrogen and oxygen atoms in total. The lowest BCUT2D eigenvalue weighted by atomic mass is 10.3. The van der Waals surface area contributed by atoms with Crippen molar-refractivity contribution in [1.29, 1.82) is 0 Å². The second-order valence-electron chi connectivity index (χ2n) is 3.36. The number of amides is 1. The van der Waals surface area contributed by atoms with Crippen molar-refractivity contribution in [1.82, 2.24) is 4.90 Å². The molecule has 0 spiro atoms. The van der Waals surface area contributed by atoms with Crippen LogP contribution in [0.25, 0.3) is 0 Å². The first-order chi connectivity index (χ1) is 8.06. The minimum absolute atomic E-state index is 0.0169. The van der Waals surface area contributed by atoms with E-state index in [-0.39, 0.29) is 18.2 Å². The monoisotopic (exact) mass is 236 g/mol. The molecule has 0 saturated carbocycles. The van der Waals surface area contributed by atoms with Crippen molar-refractivity contribution in [2.24, 2.45) is 0 Å². The summed E-state index contributed by atoms with van der Waals surface area (Å²) in [7, 11) is 0. The van der Waals surface area contributed by atoms with Gasteiger partial charge < -0.3 is 9.64 Å². The number of terminal acetylenes is 1. The highest BCUT2D eigenvalue weighted by molar-refractivity contribution is 5.80. The third-order valence-corrected chi connectivity index (χ3v) is 2.19. The van der Waals surface area contributed by atoms with Gasteiger partial charge in [-0.05, 0) is 6.08 Å². The number of hydrogen-bond donors (Lipinski definition) is 0. The van der Waals surface area contributed by atoms with Crippen LogP contribution < -0.4 is 0 Å². The molecule has 1 rings (SSSR count). The topological polar surface area (TPSA) is 72.7 Å². The molecule has 0 unspecified atom stereocenters. The molecule has 0 N–H and O–H groups in total. The van der Waals surface area contributed by atoms with E-state index in [1.807, 2.05) is 0 Å². The first kappa shape index (κ1) is 12.9. The molecule has 0 aromatic heterocycles. The fraction of sp³-hybridized carbons (Fsp3) is 0.364. The Morgan fingerprint density at radius 1 is 1.65 bits per heavy atom. The zero-order valence-corrected chi connectivity index (χ0v) is 9.38. The van der Waals surface area contributed by atoms with E-state index in [2.05, 4.69) is 5.92 Å². The van der Waals surface area contributed by atoms with Gasteiger partial charge in [0.15, 0.2) is 0 Å². The molecule has 1 heterocycles. The summed E-state index contributed by atoms with van der Waals surface area (Å²) >= 11 is 0. The molecule has 17 heavy (non-hydrogen) atoms. The van der Waals surface area contributed by atoms with Gasteiger partial charge in [-0.3, -0.25) is 14.9 Å². The third-order valence-electron chi connectivity index (χ3n) is 2.19. The molecule has 1 aliphatic heterocycles. The van der Waals surface area contributed by atoms with Gasteiger partial charge in [-0.15, -0.1) is 6.42 Å². The standard InChI is InChI=1S/C11H12N2O4/c1-3-10(5-4-9(2)13(15)16)12-6-7-17-8-11(12)14/h1,4-5H,6-8H2,2H3/b9-4+,10-5+. The third kappa shape index (κ3) is 3.43. The molecular formula is C11H12N2O4. The smallest absolute Gasteiger partial charge is 0.253 e. The molecule has 0 bridgehead atoms. The number of morpholine rings is 1. The van der Waals surface area contributed by atoms with Gasteiger partial charge in [-0.1, -0.05) is 5.92 Å². The van der Waals surface area contributed by atoms with Crippen LogP contribution in [0.3, 0.4) is 0 Å². The number of ether oxygens (including phenoxy) is 1. The number of rotatable bonds is 3. The molecule has 1 amide bonds. The Labute approximate surface area is 98.7 Å². The zero-order chi connectivity index (χ0) is 12.8. The van der Waals surface area contributed by atoms with Crippen LogP contribution in [0.15, 0.2) is 23.5 Å². The Balaban J connectivity index is 2.88. The summed E-state index contributed by atoms with van der Waals surface area (Å²) in [6.45, 7) is 2.10. The summed E-state index contributed by atoms with van der Waals surface area (Å²) < 4.78 is 4.96. The van der Waals surface area contributed by atoms with Crippen molar-refractivity contribution in [2.45, 2.75) is 6.92 Å². The van der Waals surface area contributed by atoms with Gasteiger partial charge in [0, 0.05) is 13.0 Å². The number of carbonyl (C=O) groups is 1. The maximum absolute atomic E-state index is 11.5. The average molecular weight is 236 g/mol. The first-order valence-corrected chi connectivity index (χ1v) is 4.94. The largest absolute Gasteiger partial charge is 0.370 e. The highest BCUT2D eigenvalue weighted by Gasteiger charge is 2.20. The summed E-state index contributed by atoms with van der Waals surface area (Å²) in [5.41, 5.74) is 0.262. The summed E-state index contributed by atoms with van der Waals surface area (Å²) in [5, 5.41) is 10.4. The van der Waals surface area contributed by atoms with Crippen LogP contribution in [0.1, 0.15) is 6.92 Å². The Bertz CT molecular complexity index is 431. The van der Waals surface area contributed by atoms with Crippen LogP contribution in [-0.2, 0) is 9.53 Å². The predicted octanol–water partition coefficient (Wildman–Crippen LogP) is 0.543. The Kier molecular flexibility index (Phi) is 4.43. The maximum atomic E-state index is 11.5. The molecule has 1 saturated heterocycles. The predicted molar refractivity (Wildman–Crippen MR) is 60.2 cm³/mol. The van der Waals surface area contributed by atoms with Crippen molar-refractivity contribution < 1.29 is 14.5 Å². The molecule has 1 fully saturated rings. The molecule has 0 atom stereocenters. The van der Waals surface area contributed by atoms with E-state index in [1.165, 1.54) is 24.0 Å². The van der Waals surface area contributed by atoms with Crippen molar-refractivity contribution in [3.63, 3.8) is 0 Å². The molecule has 6 heteroatoms. The molecule has 1 aliphatic rings. The van der Waals surface area contributed by atoms with Crippen LogP contribution in [-0.4, -0.2) is 35.5 Å². The fourth-order valence-electron chi connectivity index (χ4n) is 1.25. The minimum atomic E-state index is -0.522. The van der Waals surface area contributed by atoms with E-state index in [1.54, 1.807) is 0 Å². The average Bonchev–Trinajstić information content (AvgIpc) is 2.31. The lowest BCUT2D eigenvalue weighted by molar-refractivity contribution is -0.424. The van der Waals surface area contributed by atoms with E-state index in [9.17, 15) is 14.9 Å². The second kappa shape index (κ2) is 5.82. The number of nitro groups is 1. The van der Waals surface area contributed by atoms with Gasteiger partial charge in [0.1, 0.15) is 6.61 Å². The molecule has 0 radical (unpaired) electrons. The molecule has 90 valence electrons. The van der Waals surface area contributed by atoms with Gasteiger partial charge in [-0.2, -0.15) is 0 Å². The Morgan fingerprint density at radius 2 is 2.35 bits per heavy atom. The summed E-state index contributed by atoms with van der Waals surface area (Å²) in [6.07, 6.45) is 7.94. The number of carbonyl (C=O) groups excluding carboxylic acids is 1. The van der Waals surface area contributed by atoms with Crippen LogP contribution >= 0.6 is 0 Å². The number of hydrogen-bond acceptors (Lipinski definition) is 4. The summed E-state index contributed by atoms with van der Waals surface area (Å²) in [4.78, 5) is 22.7. The Hall–Kier alpha value is -2.13. The first-order valence-electron chi connectivity index (χ1n) is 4.94. The van der Waals surface area contributed by atoms with Crippen molar-refractivity contribution in [2.75, 3.05) is 19.8 Å². The molecule has 0 aromatic carbocycles. The number of allylic oxidation sites excluding steroid dienone is 4. The quantitative estimate of drug-likeness (QED) is 0.310. The van der Waals surface area contributed by atoms with Gasteiger partial charge in [-0.25, -0.2) is 0 Å². The fourth-order valence-corrected chi connectivity index (χ4v) is 1.25. The van der Waals surface area contributed by atoms with Gasteiger partial charge in [0.2, 0.25) is 5.70 Å². The van der Waals surface area contributed by atoms with E-state index in [4.69, 9.17) is 11.2 Å². The Morgan fingerprint density at radius 3 is 2.88 bits per heavy atom. The van der Waals surface area contributed by atoms with E-state index in [0.717, 1.165) is 0 Å². The van der Waals surface area contributed by atoms with Gasteiger partial charge in [0.05, 0.1) is 23.8 Å². The summed E-state index contributed by atoms with van der Waals surface area (Å²) in [5.74, 6) is 2.10. The zero-order valence-electron chi connectivity index (χ0n) is 9.38. The van der Waals surface area contributed by atoms with Gasteiger partial charge >= 0.3 is 0 Å². The van der Waals surface area contributed by atoms with Crippen LogP contribution in [0.5, 0.6) is 0 Å². The van der Waals surface area contributed by atoms with E-state index >= 15 is 0 Å².